The number of hydrogen-bond acceptors (Lipinski definition) is 7. The van der Waals surface area contributed by atoms with Crippen molar-refractivity contribution in [3.63, 3.8) is 0 Å². The molecule has 3 rings (SSSR count). The van der Waals surface area contributed by atoms with Gasteiger partial charge in [0.1, 0.15) is 5.75 Å². The predicted molar refractivity (Wildman–Crippen MR) is 111 cm³/mol. The first-order chi connectivity index (χ1) is 14.9. The van der Waals surface area contributed by atoms with E-state index in [2.05, 4.69) is 5.32 Å². The van der Waals surface area contributed by atoms with Crippen molar-refractivity contribution >= 4 is 34.8 Å². The lowest BCUT2D eigenvalue weighted by Crippen LogP contribution is -2.28. The molecule has 1 fully saturated rings. The SMILES string of the molecule is CCOc1ccccc1NC(=O)COC(=O)[C@@H]1CC(=O)N(c2ccc([N+](=O)[O-])cc2)C1. The number of para-hydroxylation sites is 2. The molecule has 1 heterocycles. The maximum absolute atomic E-state index is 12.3. The zero-order valence-corrected chi connectivity index (χ0v) is 16.8. The highest BCUT2D eigenvalue weighted by Crippen LogP contribution is 2.27. The first-order valence-electron chi connectivity index (χ1n) is 9.62. The van der Waals surface area contributed by atoms with E-state index >= 15 is 0 Å². The quantitative estimate of drug-likeness (QED) is 0.389. The Labute approximate surface area is 177 Å². The van der Waals surface area contributed by atoms with Crippen LogP contribution in [0.4, 0.5) is 17.1 Å². The Morgan fingerprint density at radius 2 is 1.90 bits per heavy atom. The summed E-state index contributed by atoms with van der Waals surface area (Å²) < 4.78 is 10.5. The largest absolute Gasteiger partial charge is 0.492 e. The number of benzene rings is 2. The van der Waals surface area contributed by atoms with Crippen LogP contribution in [0.3, 0.4) is 0 Å². The van der Waals surface area contributed by atoms with Crippen LogP contribution in [0.25, 0.3) is 0 Å². The molecule has 1 aliphatic heterocycles. The molecule has 0 radical (unpaired) electrons. The van der Waals surface area contributed by atoms with Gasteiger partial charge >= 0.3 is 5.97 Å². The molecule has 2 amide bonds. The molecule has 1 aliphatic rings. The van der Waals surface area contributed by atoms with E-state index in [-0.39, 0.29) is 24.6 Å². The van der Waals surface area contributed by atoms with Gasteiger partial charge in [-0.25, -0.2) is 0 Å². The van der Waals surface area contributed by atoms with Crippen molar-refractivity contribution in [3.05, 3.63) is 58.6 Å². The smallest absolute Gasteiger partial charge is 0.311 e. The summed E-state index contributed by atoms with van der Waals surface area (Å²) in [7, 11) is 0. The third-order valence-corrected chi connectivity index (χ3v) is 4.64. The number of nitro groups is 1. The second-order valence-electron chi connectivity index (χ2n) is 6.76. The van der Waals surface area contributed by atoms with Crippen LogP contribution in [0.1, 0.15) is 13.3 Å². The van der Waals surface area contributed by atoms with Gasteiger partial charge in [-0.05, 0) is 31.2 Å². The Bertz CT molecular complexity index is 991. The monoisotopic (exact) mass is 427 g/mol. The van der Waals surface area contributed by atoms with Crippen molar-refractivity contribution < 1.29 is 28.8 Å². The third kappa shape index (κ3) is 5.35. The standard InChI is InChI=1S/C21H21N3O7/c1-2-30-18-6-4-3-5-17(18)22-19(25)13-31-21(27)14-11-20(26)23(12-14)15-7-9-16(10-8-15)24(28)29/h3-10,14H,2,11-13H2,1H3,(H,22,25)/t14-/m1/s1. The maximum Gasteiger partial charge on any atom is 0.311 e. The third-order valence-electron chi connectivity index (χ3n) is 4.64. The molecular weight excluding hydrogens is 406 g/mol. The van der Waals surface area contributed by atoms with Gasteiger partial charge in [-0.2, -0.15) is 0 Å². The molecule has 1 saturated heterocycles. The van der Waals surface area contributed by atoms with Gasteiger partial charge in [-0.1, -0.05) is 12.1 Å². The van der Waals surface area contributed by atoms with Crippen molar-refractivity contribution in [1.29, 1.82) is 0 Å². The van der Waals surface area contributed by atoms with E-state index in [1.165, 1.54) is 29.2 Å². The first-order valence-corrected chi connectivity index (χ1v) is 9.62. The van der Waals surface area contributed by atoms with Gasteiger partial charge in [0.2, 0.25) is 5.91 Å². The van der Waals surface area contributed by atoms with E-state index in [0.717, 1.165) is 0 Å². The molecule has 0 aliphatic carbocycles. The van der Waals surface area contributed by atoms with Crippen LogP contribution in [0, 0.1) is 16.0 Å². The molecule has 0 spiro atoms. The topological polar surface area (TPSA) is 128 Å². The van der Waals surface area contributed by atoms with Gasteiger partial charge in [-0.3, -0.25) is 24.5 Å². The van der Waals surface area contributed by atoms with E-state index in [1.54, 1.807) is 24.3 Å². The summed E-state index contributed by atoms with van der Waals surface area (Å²) >= 11 is 0. The molecule has 1 N–H and O–H groups in total. The summed E-state index contributed by atoms with van der Waals surface area (Å²) in [5.74, 6) is -1.72. The van der Waals surface area contributed by atoms with Crippen molar-refractivity contribution in [1.82, 2.24) is 0 Å². The Kier molecular flexibility index (Phi) is 6.81. The van der Waals surface area contributed by atoms with Gasteiger partial charge in [0.25, 0.3) is 11.6 Å². The molecule has 1 atom stereocenters. The number of rotatable bonds is 8. The number of nitro benzene ring substituents is 1. The van der Waals surface area contributed by atoms with Crippen LogP contribution < -0.4 is 15.0 Å². The number of hydrogen-bond donors (Lipinski definition) is 1. The second-order valence-corrected chi connectivity index (χ2v) is 6.76. The summed E-state index contributed by atoms with van der Waals surface area (Å²) in [6.45, 7) is 1.83. The minimum atomic E-state index is -0.730. The normalized spacial score (nSPS) is 15.5. The first kappa shape index (κ1) is 21.8. The molecule has 0 bridgehead atoms. The van der Waals surface area contributed by atoms with Gasteiger partial charge in [-0.15, -0.1) is 0 Å². The number of esters is 1. The second kappa shape index (κ2) is 9.70. The van der Waals surface area contributed by atoms with Crippen LogP contribution in [0.2, 0.25) is 0 Å². The molecular formula is C21H21N3O7. The lowest BCUT2D eigenvalue weighted by molar-refractivity contribution is -0.384. The Balaban J connectivity index is 1.53. The average Bonchev–Trinajstić information content (AvgIpc) is 3.15. The fourth-order valence-corrected chi connectivity index (χ4v) is 3.16. The van der Waals surface area contributed by atoms with E-state index in [4.69, 9.17) is 9.47 Å². The molecule has 10 nitrogen and oxygen atoms in total. The predicted octanol–water partition coefficient (Wildman–Crippen LogP) is 2.53. The van der Waals surface area contributed by atoms with E-state index in [1.807, 2.05) is 6.92 Å². The van der Waals surface area contributed by atoms with Crippen molar-refractivity contribution in [2.75, 3.05) is 30.0 Å². The highest BCUT2D eigenvalue weighted by Gasteiger charge is 2.36. The van der Waals surface area contributed by atoms with Crippen LogP contribution in [-0.4, -0.2) is 42.5 Å². The Morgan fingerprint density at radius 3 is 2.58 bits per heavy atom. The maximum atomic E-state index is 12.3. The number of amides is 2. The van der Waals surface area contributed by atoms with Gasteiger partial charge in [0.15, 0.2) is 6.61 Å². The summed E-state index contributed by atoms with van der Waals surface area (Å²) in [4.78, 5) is 48.4. The van der Waals surface area contributed by atoms with Crippen LogP contribution in [0.15, 0.2) is 48.5 Å². The summed E-state index contributed by atoms with van der Waals surface area (Å²) in [6, 6.07) is 12.4. The number of anilines is 2. The van der Waals surface area contributed by atoms with Crippen LogP contribution >= 0.6 is 0 Å². The number of nitrogens with zero attached hydrogens (tertiary/aromatic N) is 2. The van der Waals surface area contributed by atoms with E-state index in [9.17, 15) is 24.5 Å². The highest BCUT2D eigenvalue weighted by atomic mass is 16.6. The van der Waals surface area contributed by atoms with Crippen LogP contribution in [0.5, 0.6) is 5.75 Å². The molecule has 31 heavy (non-hydrogen) atoms. The summed E-state index contributed by atoms with van der Waals surface area (Å²) in [6.07, 6.45) is -0.0649. The fourth-order valence-electron chi connectivity index (χ4n) is 3.16. The molecule has 2 aromatic carbocycles. The Morgan fingerprint density at radius 1 is 1.19 bits per heavy atom. The number of ether oxygens (including phenoxy) is 2. The number of carbonyl (C=O) groups excluding carboxylic acids is 3. The molecule has 162 valence electrons. The highest BCUT2D eigenvalue weighted by molar-refractivity contribution is 6.00. The molecule has 10 heteroatoms. The minimum Gasteiger partial charge on any atom is -0.492 e. The Hall–Kier alpha value is -3.95. The zero-order valence-electron chi connectivity index (χ0n) is 16.8. The van der Waals surface area contributed by atoms with Gasteiger partial charge in [0.05, 0.1) is 23.1 Å². The summed E-state index contributed by atoms with van der Waals surface area (Å²) in [5, 5.41) is 13.4. The molecule has 0 aromatic heterocycles. The van der Waals surface area contributed by atoms with Crippen LogP contribution in [-0.2, 0) is 19.1 Å². The fraction of sp³-hybridized carbons (Fsp3) is 0.286. The number of carbonyl (C=O) groups is 3. The number of non-ortho nitro benzene ring substituents is 1. The van der Waals surface area contributed by atoms with Crippen molar-refractivity contribution in [2.45, 2.75) is 13.3 Å². The average molecular weight is 427 g/mol. The van der Waals surface area contributed by atoms with E-state index < -0.39 is 29.3 Å². The van der Waals surface area contributed by atoms with E-state index in [0.29, 0.717) is 23.7 Å². The minimum absolute atomic E-state index is 0.0649. The zero-order chi connectivity index (χ0) is 22.4. The lowest BCUT2D eigenvalue weighted by Gasteiger charge is -2.16. The van der Waals surface area contributed by atoms with Gasteiger partial charge in [0, 0.05) is 30.8 Å². The summed E-state index contributed by atoms with van der Waals surface area (Å²) in [5.41, 5.74) is 0.824. The lowest BCUT2D eigenvalue weighted by atomic mass is 10.1. The number of nitrogens with one attached hydrogen (secondary N) is 1. The molecule has 2 aromatic rings. The molecule has 0 unspecified atom stereocenters. The van der Waals surface area contributed by atoms with Crippen molar-refractivity contribution in [3.8, 4) is 5.75 Å². The van der Waals surface area contributed by atoms with Gasteiger partial charge < -0.3 is 19.7 Å². The molecule has 0 saturated carbocycles. The van der Waals surface area contributed by atoms with Crippen molar-refractivity contribution in [2.24, 2.45) is 5.92 Å².